The van der Waals surface area contributed by atoms with E-state index >= 15 is 0 Å². The second-order valence-corrected chi connectivity index (χ2v) is 5.50. The molecule has 2 rings (SSSR count). The number of hydrogen-bond donors (Lipinski definition) is 0. The molecule has 1 atom stereocenters. The van der Waals surface area contributed by atoms with Crippen LogP contribution in [0.15, 0.2) is 18.2 Å². The van der Waals surface area contributed by atoms with E-state index in [1.54, 1.807) is 23.1 Å². The number of carbonyl (C=O) groups is 2. The maximum Gasteiger partial charge on any atom is 0.226 e. The zero-order valence-electron chi connectivity index (χ0n) is 12.5. The minimum Gasteiger partial charge on any atom is -0.486 e. The second kappa shape index (κ2) is 5.65. The SMILES string of the molecule is CCC(=O)N1CC(C(C)C)Oc2ccc(C(C)=O)cc21. The molecule has 0 fully saturated rings. The number of nitrogens with zero attached hydrogens (tertiary/aromatic N) is 1. The quantitative estimate of drug-likeness (QED) is 0.796. The van der Waals surface area contributed by atoms with Crippen LogP contribution in [0, 0.1) is 5.92 Å². The molecule has 0 radical (unpaired) electrons. The highest BCUT2D eigenvalue weighted by Gasteiger charge is 2.31. The summed E-state index contributed by atoms with van der Waals surface area (Å²) >= 11 is 0. The van der Waals surface area contributed by atoms with Crippen molar-refractivity contribution >= 4 is 17.4 Å². The van der Waals surface area contributed by atoms with Crippen molar-refractivity contribution in [2.75, 3.05) is 11.4 Å². The van der Waals surface area contributed by atoms with E-state index in [2.05, 4.69) is 13.8 Å². The average Bonchev–Trinajstić information content (AvgIpc) is 2.44. The molecule has 1 amide bonds. The van der Waals surface area contributed by atoms with Gasteiger partial charge in [-0.05, 0) is 31.0 Å². The molecule has 0 bridgehead atoms. The number of amides is 1. The molecule has 0 saturated carbocycles. The van der Waals surface area contributed by atoms with Crippen molar-refractivity contribution in [3.8, 4) is 5.75 Å². The van der Waals surface area contributed by atoms with Gasteiger partial charge in [0.25, 0.3) is 0 Å². The van der Waals surface area contributed by atoms with E-state index in [0.717, 1.165) is 0 Å². The molecule has 0 saturated heterocycles. The Kier molecular flexibility index (Phi) is 4.12. The van der Waals surface area contributed by atoms with Crippen molar-refractivity contribution in [3.63, 3.8) is 0 Å². The van der Waals surface area contributed by atoms with E-state index in [9.17, 15) is 9.59 Å². The zero-order chi connectivity index (χ0) is 14.9. The normalized spacial score (nSPS) is 17.6. The molecule has 1 unspecified atom stereocenters. The fourth-order valence-corrected chi connectivity index (χ4v) is 2.30. The lowest BCUT2D eigenvalue weighted by Gasteiger charge is -2.36. The number of carbonyl (C=O) groups excluding carboxylic acids is 2. The minimum atomic E-state index is -0.0128. The Morgan fingerprint density at radius 2 is 2.10 bits per heavy atom. The van der Waals surface area contributed by atoms with Crippen LogP contribution in [-0.4, -0.2) is 24.3 Å². The Balaban J connectivity index is 2.45. The first kappa shape index (κ1) is 14.6. The molecule has 1 heterocycles. The number of rotatable bonds is 3. The first-order valence-electron chi connectivity index (χ1n) is 7.06. The summed E-state index contributed by atoms with van der Waals surface area (Å²) in [4.78, 5) is 25.4. The Morgan fingerprint density at radius 1 is 1.40 bits per heavy atom. The van der Waals surface area contributed by atoms with Gasteiger partial charge in [-0.15, -0.1) is 0 Å². The minimum absolute atomic E-state index is 0.0114. The number of hydrogen-bond acceptors (Lipinski definition) is 3. The van der Waals surface area contributed by atoms with Crippen molar-refractivity contribution in [2.24, 2.45) is 5.92 Å². The maximum atomic E-state index is 12.2. The van der Waals surface area contributed by atoms with Gasteiger partial charge in [0.15, 0.2) is 5.78 Å². The Bertz CT molecular complexity index is 537. The molecule has 20 heavy (non-hydrogen) atoms. The molecular formula is C16H21NO3. The summed E-state index contributed by atoms with van der Waals surface area (Å²) in [7, 11) is 0. The van der Waals surface area contributed by atoms with E-state index in [0.29, 0.717) is 35.9 Å². The van der Waals surface area contributed by atoms with Gasteiger partial charge >= 0.3 is 0 Å². The van der Waals surface area contributed by atoms with Crippen LogP contribution in [0.2, 0.25) is 0 Å². The molecule has 0 N–H and O–H groups in total. The first-order chi connectivity index (χ1) is 9.43. The van der Waals surface area contributed by atoms with Crippen LogP contribution in [-0.2, 0) is 4.79 Å². The van der Waals surface area contributed by atoms with Gasteiger partial charge in [0.1, 0.15) is 11.9 Å². The third-order valence-electron chi connectivity index (χ3n) is 3.64. The number of Topliss-reactive ketones (excluding diaryl/α,β-unsaturated/α-hetero) is 1. The molecule has 1 aliphatic heterocycles. The van der Waals surface area contributed by atoms with Crippen molar-refractivity contribution < 1.29 is 14.3 Å². The van der Waals surface area contributed by atoms with E-state index in [-0.39, 0.29) is 17.8 Å². The van der Waals surface area contributed by atoms with E-state index in [4.69, 9.17) is 4.74 Å². The fraction of sp³-hybridized carbons (Fsp3) is 0.500. The number of benzene rings is 1. The van der Waals surface area contributed by atoms with Crippen molar-refractivity contribution in [1.82, 2.24) is 0 Å². The van der Waals surface area contributed by atoms with Gasteiger partial charge in [-0.1, -0.05) is 20.8 Å². The molecular weight excluding hydrogens is 254 g/mol. The van der Waals surface area contributed by atoms with Crippen molar-refractivity contribution in [2.45, 2.75) is 40.2 Å². The van der Waals surface area contributed by atoms with Gasteiger partial charge in [-0.3, -0.25) is 9.59 Å². The number of ether oxygens (including phenoxy) is 1. The molecule has 4 heteroatoms. The highest BCUT2D eigenvalue weighted by Crippen LogP contribution is 2.36. The lowest BCUT2D eigenvalue weighted by atomic mass is 10.0. The van der Waals surface area contributed by atoms with Crippen LogP contribution in [0.3, 0.4) is 0 Å². The van der Waals surface area contributed by atoms with Crippen LogP contribution < -0.4 is 9.64 Å². The number of fused-ring (bicyclic) bond motifs is 1. The maximum absolute atomic E-state index is 12.2. The standard InChI is InChI=1S/C16H21NO3/c1-5-16(19)17-9-15(10(2)3)20-14-7-6-12(11(4)18)8-13(14)17/h6-8,10,15H,5,9H2,1-4H3. The first-order valence-corrected chi connectivity index (χ1v) is 7.06. The lowest BCUT2D eigenvalue weighted by Crippen LogP contribution is -2.45. The Hall–Kier alpha value is -1.84. The summed E-state index contributed by atoms with van der Waals surface area (Å²) in [5.41, 5.74) is 1.31. The van der Waals surface area contributed by atoms with Crippen molar-refractivity contribution in [3.05, 3.63) is 23.8 Å². The molecule has 0 spiro atoms. The number of ketones is 1. The third-order valence-corrected chi connectivity index (χ3v) is 3.64. The molecule has 0 aromatic heterocycles. The summed E-state index contributed by atoms with van der Waals surface area (Å²) in [5, 5.41) is 0. The molecule has 1 aromatic rings. The Morgan fingerprint density at radius 3 is 2.65 bits per heavy atom. The third kappa shape index (κ3) is 2.69. The van der Waals surface area contributed by atoms with Crippen LogP contribution in [0.1, 0.15) is 44.5 Å². The summed E-state index contributed by atoms with van der Waals surface area (Å²) in [6.45, 7) is 8.06. The highest BCUT2D eigenvalue weighted by molar-refractivity contribution is 5.99. The van der Waals surface area contributed by atoms with Crippen molar-refractivity contribution in [1.29, 1.82) is 0 Å². The van der Waals surface area contributed by atoms with Crippen LogP contribution >= 0.6 is 0 Å². The summed E-state index contributed by atoms with van der Waals surface area (Å²) in [6.07, 6.45) is 0.426. The van der Waals surface area contributed by atoms with Gasteiger partial charge in [0.2, 0.25) is 5.91 Å². The smallest absolute Gasteiger partial charge is 0.226 e. The monoisotopic (exact) mass is 275 g/mol. The van der Waals surface area contributed by atoms with Gasteiger partial charge in [-0.2, -0.15) is 0 Å². The lowest BCUT2D eigenvalue weighted by molar-refractivity contribution is -0.118. The topological polar surface area (TPSA) is 46.6 Å². The Labute approximate surface area is 119 Å². The summed E-state index contributed by atoms with van der Waals surface area (Å²) in [6, 6.07) is 5.29. The molecule has 4 nitrogen and oxygen atoms in total. The van der Waals surface area contributed by atoms with Gasteiger partial charge in [0.05, 0.1) is 12.2 Å². The summed E-state index contributed by atoms with van der Waals surface area (Å²) < 4.78 is 5.95. The van der Waals surface area contributed by atoms with E-state index < -0.39 is 0 Å². The number of anilines is 1. The second-order valence-electron chi connectivity index (χ2n) is 5.50. The fourth-order valence-electron chi connectivity index (χ4n) is 2.30. The van der Waals surface area contributed by atoms with Crippen LogP contribution in [0.5, 0.6) is 5.75 Å². The largest absolute Gasteiger partial charge is 0.486 e. The van der Waals surface area contributed by atoms with Crippen LogP contribution in [0.25, 0.3) is 0 Å². The molecule has 1 aromatic carbocycles. The highest BCUT2D eigenvalue weighted by atomic mass is 16.5. The van der Waals surface area contributed by atoms with Gasteiger partial charge in [0, 0.05) is 12.0 Å². The predicted octanol–water partition coefficient (Wildman–Crippen LogP) is 3.05. The predicted molar refractivity (Wildman–Crippen MR) is 78.3 cm³/mol. The van der Waals surface area contributed by atoms with E-state index in [1.807, 2.05) is 6.92 Å². The molecule has 1 aliphatic rings. The van der Waals surface area contributed by atoms with Gasteiger partial charge in [-0.25, -0.2) is 0 Å². The zero-order valence-corrected chi connectivity index (χ0v) is 12.5. The molecule has 108 valence electrons. The average molecular weight is 275 g/mol. The van der Waals surface area contributed by atoms with E-state index in [1.165, 1.54) is 6.92 Å². The van der Waals surface area contributed by atoms with Crippen LogP contribution in [0.4, 0.5) is 5.69 Å². The summed E-state index contributed by atoms with van der Waals surface area (Å²) in [5.74, 6) is 1.05. The van der Waals surface area contributed by atoms with Gasteiger partial charge < -0.3 is 9.64 Å². The molecule has 0 aliphatic carbocycles.